The van der Waals surface area contributed by atoms with E-state index in [4.69, 9.17) is 11.1 Å². The molecule has 0 atom stereocenters. The van der Waals surface area contributed by atoms with Gasteiger partial charge in [-0.25, -0.2) is 9.97 Å². The monoisotopic (exact) mass is 352 g/mol. The zero-order chi connectivity index (χ0) is 18.6. The number of rotatable bonds is 9. The van der Waals surface area contributed by atoms with Crippen LogP contribution in [0.1, 0.15) is 36.6 Å². The van der Waals surface area contributed by atoms with E-state index < -0.39 is 0 Å². The quantitative estimate of drug-likeness (QED) is 0.238. The van der Waals surface area contributed by atoms with Crippen molar-refractivity contribution in [2.24, 2.45) is 5.41 Å². The number of nitrogens with two attached hydrogens (primary N) is 1. The summed E-state index contributed by atoms with van der Waals surface area (Å²) in [5.74, 6) is 0.604. The molecular weight excluding hydrogens is 328 g/mol. The van der Waals surface area contributed by atoms with E-state index in [1.165, 1.54) is 24.7 Å². The molecule has 1 heterocycles. The summed E-state index contributed by atoms with van der Waals surface area (Å²) in [6.45, 7) is 3.32. The Morgan fingerprint density at radius 3 is 2.85 bits per heavy atom. The number of hydrogen-bond acceptors (Lipinski definition) is 6. The average Bonchev–Trinajstić information content (AvgIpc) is 3.37. The maximum atomic E-state index is 10.3. The summed E-state index contributed by atoms with van der Waals surface area (Å²) < 4.78 is 0. The van der Waals surface area contributed by atoms with Gasteiger partial charge in [0.25, 0.3) is 0 Å². The maximum Gasteiger partial charge on any atom is 0.207 e. The first kappa shape index (κ1) is 17.8. The number of amides is 1. The predicted molar refractivity (Wildman–Crippen MR) is 102 cm³/mol. The molecule has 1 amide bonds. The summed E-state index contributed by atoms with van der Waals surface area (Å²) in [5, 5.41) is 14.2. The number of nitrogens with one attached hydrogen (secondary N) is 3. The van der Waals surface area contributed by atoms with Crippen LogP contribution in [0.15, 0.2) is 30.6 Å². The minimum atomic E-state index is 0.279. The maximum absolute atomic E-state index is 10.3. The first-order chi connectivity index (χ1) is 12.5. The highest BCUT2D eigenvalue weighted by Crippen LogP contribution is 2.47. The van der Waals surface area contributed by atoms with E-state index in [0.29, 0.717) is 47.7 Å². The van der Waals surface area contributed by atoms with Gasteiger partial charge < -0.3 is 16.4 Å². The Kier molecular flexibility index (Phi) is 5.16. The molecule has 0 spiro atoms. The van der Waals surface area contributed by atoms with E-state index in [1.54, 1.807) is 6.07 Å². The zero-order valence-electron chi connectivity index (χ0n) is 14.9. The van der Waals surface area contributed by atoms with Crippen molar-refractivity contribution in [1.82, 2.24) is 15.3 Å². The number of carbonyl (C=O) groups is 1. The lowest BCUT2D eigenvalue weighted by Gasteiger charge is -2.13. The normalized spacial score (nSPS) is 14.5. The van der Waals surface area contributed by atoms with Crippen molar-refractivity contribution in [2.75, 3.05) is 24.1 Å². The number of anilines is 2. The lowest BCUT2D eigenvalue weighted by atomic mass is 9.95. The van der Waals surface area contributed by atoms with Crippen LogP contribution >= 0.6 is 0 Å². The van der Waals surface area contributed by atoms with Crippen molar-refractivity contribution in [1.29, 1.82) is 5.41 Å². The van der Waals surface area contributed by atoms with E-state index in [1.807, 2.05) is 18.2 Å². The Morgan fingerprint density at radius 1 is 1.31 bits per heavy atom. The summed E-state index contributed by atoms with van der Waals surface area (Å²) in [6, 6.07) is 7.64. The minimum absolute atomic E-state index is 0.279. The number of benzene rings is 1. The summed E-state index contributed by atoms with van der Waals surface area (Å²) in [4.78, 5) is 18.6. The standard InChI is InChI=1S/C19H24N6O/c1-19(4-5-19)10-13-2-3-15(20)14(8-13)18(21)16-9-17(25-11-24-16)23-7-6-22-12-26/h2-3,8-9,11-12,21H,4-7,10,20H2,1H3,(H,22,26)(H,23,24,25). The second-order valence-corrected chi connectivity index (χ2v) is 7.07. The molecule has 136 valence electrons. The molecule has 0 aliphatic heterocycles. The zero-order valence-corrected chi connectivity index (χ0v) is 14.9. The van der Waals surface area contributed by atoms with Gasteiger partial charge in [0, 0.05) is 30.4 Å². The third kappa shape index (κ3) is 4.36. The number of carbonyl (C=O) groups excluding carboxylic acids is 1. The molecule has 1 aromatic heterocycles. The Hall–Kier alpha value is -2.96. The van der Waals surface area contributed by atoms with Gasteiger partial charge in [-0.3, -0.25) is 10.2 Å². The van der Waals surface area contributed by atoms with Gasteiger partial charge in [-0.1, -0.05) is 13.0 Å². The van der Waals surface area contributed by atoms with Crippen LogP contribution in [0.3, 0.4) is 0 Å². The molecular formula is C19H24N6O. The second-order valence-electron chi connectivity index (χ2n) is 7.07. The largest absolute Gasteiger partial charge is 0.398 e. The fraction of sp³-hybridized carbons (Fsp3) is 0.368. The van der Waals surface area contributed by atoms with Crippen molar-refractivity contribution in [2.45, 2.75) is 26.2 Å². The first-order valence-corrected chi connectivity index (χ1v) is 8.71. The van der Waals surface area contributed by atoms with Crippen molar-refractivity contribution in [3.63, 3.8) is 0 Å². The number of nitrogen functional groups attached to an aromatic ring is 1. The highest BCUT2D eigenvalue weighted by Gasteiger charge is 2.37. The SMILES string of the molecule is CC1(Cc2ccc(N)c(C(=N)c3cc(NCCNC=O)ncn3)c2)CC1. The van der Waals surface area contributed by atoms with Gasteiger partial charge in [0.2, 0.25) is 6.41 Å². The third-order valence-electron chi connectivity index (χ3n) is 4.70. The van der Waals surface area contributed by atoms with E-state index in [9.17, 15) is 4.79 Å². The molecule has 1 aliphatic rings. The molecule has 0 saturated heterocycles. The number of aromatic nitrogens is 2. The van der Waals surface area contributed by atoms with Crippen LogP contribution in [0.25, 0.3) is 0 Å². The van der Waals surface area contributed by atoms with Gasteiger partial charge in [0.15, 0.2) is 0 Å². The lowest BCUT2D eigenvalue weighted by molar-refractivity contribution is -0.109. The van der Waals surface area contributed by atoms with E-state index in [0.717, 1.165) is 6.42 Å². The molecule has 1 saturated carbocycles. The lowest BCUT2D eigenvalue weighted by Crippen LogP contribution is -2.21. The van der Waals surface area contributed by atoms with Crippen molar-refractivity contribution in [3.8, 4) is 0 Å². The molecule has 3 rings (SSSR count). The van der Waals surface area contributed by atoms with E-state index in [2.05, 4.69) is 27.5 Å². The third-order valence-corrected chi connectivity index (χ3v) is 4.70. The Balaban J connectivity index is 1.76. The van der Waals surface area contributed by atoms with Crippen LogP contribution in [0.5, 0.6) is 0 Å². The number of nitrogens with zero attached hydrogens (tertiary/aromatic N) is 2. The summed E-state index contributed by atoms with van der Waals surface area (Å²) in [5.41, 5.74) is 9.77. The highest BCUT2D eigenvalue weighted by molar-refractivity contribution is 6.13. The number of hydrogen-bond donors (Lipinski definition) is 4. The molecule has 2 aromatic rings. The summed E-state index contributed by atoms with van der Waals surface area (Å²) in [7, 11) is 0. The fourth-order valence-electron chi connectivity index (χ4n) is 2.86. The van der Waals surface area contributed by atoms with Crippen molar-refractivity contribution < 1.29 is 4.79 Å². The molecule has 0 radical (unpaired) electrons. The van der Waals surface area contributed by atoms with Crippen LogP contribution in [0.2, 0.25) is 0 Å². The van der Waals surface area contributed by atoms with Crippen LogP contribution in [-0.2, 0) is 11.2 Å². The van der Waals surface area contributed by atoms with E-state index in [-0.39, 0.29) is 5.71 Å². The Bertz CT molecular complexity index is 815. The van der Waals surface area contributed by atoms with Gasteiger partial charge in [-0.05, 0) is 42.4 Å². The van der Waals surface area contributed by atoms with Crippen molar-refractivity contribution in [3.05, 3.63) is 47.4 Å². The second kappa shape index (κ2) is 7.51. The molecule has 26 heavy (non-hydrogen) atoms. The van der Waals surface area contributed by atoms with Gasteiger partial charge in [0.05, 0.1) is 11.4 Å². The van der Waals surface area contributed by atoms with Crippen LogP contribution in [0.4, 0.5) is 11.5 Å². The average molecular weight is 352 g/mol. The van der Waals surface area contributed by atoms with Crippen LogP contribution in [0, 0.1) is 10.8 Å². The van der Waals surface area contributed by atoms with Gasteiger partial charge >= 0.3 is 0 Å². The predicted octanol–water partition coefficient (Wildman–Crippen LogP) is 1.98. The smallest absolute Gasteiger partial charge is 0.207 e. The first-order valence-electron chi connectivity index (χ1n) is 8.71. The topological polar surface area (TPSA) is 117 Å². The van der Waals surface area contributed by atoms with Gasteiger partial charge in [0.1, 0.15) is 12.1 Å². The summed E-state index contributed by atoms with van der Waals surface area (Å²) in [6.07, 6.45) is 5.59. The highest BCUT2D eigenvalue weighted by atomic mass is 16.1. The minimum Gasteiger partial charge on any atom is -0.398 e. The van der Waals surface area contributed by atoms with E-state index >= 15 is 0 Å². The molecule has 7 nitrogen and oxygen atoms in total. The molecule has 7 heteroatoms. The van der Waals surface area contributed by atoms with Crippen LogP contribution in [-0.4, -0.2) is 35.2 Å². The van der Waals surface area contributed by atoms with Gasteiger partial charge in [-0.15, -0.1) is 0 Å². The molecule has 0 unspecified atom stereocenters. The fourth-order valence-corrected chi connectivity index (χ4v) is 2.86. The van der Waals surface area contributed by atoms with Gasteiger partial charge in [-0.2, -0.15) is 0 Å². The Labute approximate surface area is 152 Å². The molecule has 0 bridgehead atoms. The van der Waals surface area contributed by atoms with Crippen molar-refractivity contribution >= 4 is 23.6 Å². The summed E-state index contributed by atoms with van der Waals surface area (Å²) >= 11 is 0. The molecule has 5 N–H and O–H groups in total. The molecule has 1 aromatic carbocycles. The molecule has 1 aliphatic carbocycles. The Morgan fingerprint density at radius 2 is 2.12 bits per heavy atom. The van der Waals surface area contributed by atoms with Crippen LogP contribution < -0.4 is 16.4 Å². The molecule has 1 fully saturated rings.